The Balaban J connectivity index is 2.69. The molecule has 0 aliphatic heterocycles. The Bertz CT molecular complexity index is 535. The van der Waals surface area contributed by atoms with Crippen molar-refractivity contribution in [3.8, 4) is 11.1 Å². The van der Waals surface area contributed by atoms with Crippen LogP contribution in [-0.4, -0.2) is 0 Å². The van der Waals surface area contributed by atoms with Crippen molar-refractivity contribution in [1.29, 1.82) is 0 Å². The molecule has 2 aromatic carbocycles. The van der Waals surface area contributed by atoms with Crippen molar-refractivity contribution in [2.24, 2.45) is 0 Å². The maximum atomic E-state index is 6.12. The zero-order valence-electron chi connectivity index (χ0n) is 7.98. The Morgan fingerprint density at radius 1 is 0.688 bits per heavy atom. The van der Waals surface area contributed by atoms with E-state index in [2.05, 4.69) is 0 Å². The van der Waals surface area contributed by atoms with Crippen molar-refractivity contribution in [2.45, 2.75) is 0 Å². The van der Waals surface area contributed by atoms with Gasteiger partial charge in [0.1, 0.15) is 0 Å². The minimum atomic E-state index is 0.420. The number of halogens is 4. The lowest BCUT2D eigenvalue weighted by Gasteiger charge is -2.08. The number of hydrogen-bond donors (Lipinski definition) is 0. The van der Waals surface area contributed by atoms with Crippen LogP contribution in [0.2, 0.25) is 20.1 Å². The highest BCUT2D eigenvalue weighted by atomic mass is 35.5. The maximum Gasteiger partial charge on any atom is 0.0672 e. The molecule has 0 aliphatic rings. The van der Waals surface area contributed by atoms with Crippen LogP contribution in [0, 0.1) is 0 Å². The molecular weight excluding hydrogens is 286 g/mol. The third-order valence-electron chi connectivity index (χ3n) is 2.16. The highest BCUT2D eigenvalue weighted by Gasteiger charge is 2.11. The summed E-state index contributed by atoms with van der Waals surface area (Å²) >= 11 is 24.1. The third-order valence-corrected chi connectivity index (χ3v) is 3.51. The Kier molecular flexibility index (Phi) is 3.66. The van der Waals surface area contributed by atoms with E-state index in [1.54, 1.807) is 18.2 Å². The molecule has 0 spiro atoms. The van der Waals surface area contributed by atoms with Crippen LogP contribution in [0.1, 0.15) is 0 Å². The van der Waals surface area contributed by atoms with E-state index < -0.39 is 0 Å². The molecule has 0 heterocycles. The van der Waals surface area contributed by atoms with Crippen molar-refractivity contribution in [2.75, 3.05) is 0 Å². The normalized spacial score (nSPS) is 10.5. The molecule has 0 aliphatic carbocycles. The fourth-order valence-electron chi connectivity index (χ4n) is 1.43. The van der Waals surface area contributed by atoms with Gasteiger partial charge in [-0.05, 0) is 18.2 Å². The summed E-state index contributed by atoms with van der Waals surface area (Å²) in [6, 6.07) is 10.7. The average molecular weight is 292 g/mol. The summed E-state index contributed by atoms with van der Waals surface area (Å²) < 4.78 is 0. The summed E-state index contributed by atoms with van der Waals surface area (Å²) in [5.74, 6) is 0. The summed E-state index contributed by atoms with van der Waals surface area (Å²) in [5.41, 5.74) is 1.56. The number of rotatable bonds is 1. The first-order valence-corrected chi connectivity index (χ1v) is 6.00. The van der Waals surface area contributed by atoms with Gasteiger partial charge in [0.2, 0.25) is 0 Å². The first-order valence-electron chi connectivity index (χ1n) is 4.49. The van der Waals surface area contributed by atoms with Gasteiger partial charge < -0.3 is 0 Å². The van der Waals surface area contributed by atoms with E-state index in [-0.39, 0.29) is 0 Å². The lowest BCUT2D eigenvalue weighted by molar-refractivity contribution is 1.61. The zero-order valence-corrected chi connectivity index (χ0v) is 11.0. The van der Waals surface area contributed by atoms with Crippen LogP contribution >= 0.6 is 46.4 Å². The van der Waals surface area contributed by atoms with Crippen LogP contribution in [0.3, 0.4) is 0 Å². The summed E-state index contributed by atoms with van der Waals surface area (Å²) in [4.78, 5) is 0. The summed E-state index contributed by atoms with van der Waals surface area (Å²) in [6.07, 6.45) is 0. The lowest BCUT2D eigenvalue weighted by Crippen LogP contribution is -1.82. The van der Waals surface area contributed by atoms with Crippen LogP contribution in [0.5, 0.6) is 0 Å². The monoisotopic (exact) mass is 290 g/mol. The third kappa shape index (κ3) is 2.31. The SMILES string of the molecule is Clc1cc(Cl)c(Cl)c(-c2ccccc2Cl)c1. The first-order chi connectivity index (χ1) is 7.59. The van der Waals surface area contributed by atoms with Gasteiger partial charge in [-0.3, -0.25) is 0 Å². The molecule has 0 atom stereocenters. The van der Waals surface area contributed by atoms with Crippen LogP contribution in [0.25, 0.3) is 11.1 Å². The van der Waals surface area contributed by atoms with Crippen LogP contribution < -0.4 is 0 Å². The minimum absolute atomic E-state index is 0.420. The Morgan fingerprint density at radius 2 is 1.38 bits per heavy atom. The predicted molar refractivity (Wildman–Crippen MR) is 71.9 cm³/mol. The second-order valence-corrected chi connectivity index (χ2v) is 4.86. The Labute approximate surface area is 114 Å². The molecule has 0 amide bonds. The maximum absolute atomic E-state index is 6.12. The molecule has 0 N–H and O–H groups in total. The van der Waals surface area contributed by atoms with E-state index in [1.165, 1.54) is 0 Å². The van der Waals surface area contributed by atoms with Crippen LogP contribution in [0.4, 0.5) is 0 Å². The van der Waals surface area contributed by atoms with E-state index in [9.17, 15) is 0 Å². The molecular formula is C12H6Cl4. The second-order valence-electron chi connectivity index (χ2n) is 3.23. The smallest absolute Gasteiger partial charge is 0.0672 e. The highest BCUT2D eigenvalue weighted by Crippen LogP contribution is 2.39. The number of benzene rings is 2. The van der Waals surface area contributed by atoms with E-state index >= 15 is 0 Å². The fourth-order valence-corrected chi connectivity index (χ4v) is 2.37. The van der Waals surface area contributed by atoms with Crippen LogP contribution in [-0.2, 0) is 0 Å². The predicted octanol–water partition coefficient (Wildman–Crippen LogP) is 5.97. The van der Waals surface area contributed by atoms with Gasteiger partial charge in [0.05, 0.1) is 10.0 Å². The molecule has 4 heteroatoms. The van der Waals surface area contributed by atoms with Gasteiger partial charge in [-0.1, -0.05) is 64.6 Å². The van der Waals surface area contributed by atoms with Gasteiger partial charge in [0.25, 0.3) is 0 Å². The van der Waals surface area contributed by atoms with E-state index in [0.29, 0.717) is 20.1 Å². The van der Waals surface area contributed by atoms with Gasteiger partial charge in [-0.25, -0.2) is 0 Å². The molecule has 0 aromatic heterocycles. The molecule has 0 unspecified atom stereocenters. The standard InChI is InChI=1S/C12H6Cl4/c13-7-5-9(12(16)11(15)6-7)8-3-1-2-4-10(8)14/h1-6H. The molecule has 16 heavy (non-hydrogen) atoms. The molecule has 2 rings (SSSR count). The summed E-state index contributed by atoms with van der Waals surface area (Å²) in [5, 5.41) is 2.02. The Hall–Kier alpha value is -0.400. The van der Waals surface area contributed by atoms with E-state index in [1.807, 2.05) is 18.2 Å². The molecule has 2 aromatic rings. The molecule has 0 bridgehead atoms. The van der Waals surface area contributed by atoms with Crippen LogP contribution in [0.15, 0.2) is 36.4 Å². The topological polar surface area (TPSA) is 0 Å². The molecule has 0 saturated carbocycles. The van der Waals surface area contributed by atoms with Gasteiger partial charge in [-0.15, -0.1) is 0 Å². The van der Waals surface area contributed by atoms with E-state index in [0.717, 1.165) is 11.1 Å². The molecule has 0 fully saturated rings. The largest absolute Gasteiger partial charge is 0.0843 e. The van der Waals surface area contributed by atoms with Gasteiger partial charge >= 0.3 is 0 Å². The summed E-state index contributed by atoms with van der Waals surface area (Å²) in [7, 11) is 0. The van der Waals surface area contributed by atoms with E-state index in [4.69, 9.17) is 46.4 Å². The number of hydrogen-bond acceptors (Lipinski definition) is 0. The Morgan fingerprint density at radius 3 is 2.06 bits per heavy atom. The van der Waals surface area contributed by atoms with Crippen molar-refractivity contribution >= 4 is 46.4 Å². The zero-order chi connectivity index (χ0) is 11.7. The molecule has 0 saturated heterocycles. The van der Waals surface area contributed by atoms with Gasteiger partial charge in [-0.2, -0.15) is 0 Å². The fraction of sp³-hybridized carbons (Fsp3) is 0. The molecule has 0 radical (unpaired) electrons. The van der Waals surface area contributed by atoms with Gasteiger partial charge in [0.15, 0.2) is 0 Å². The average Bonchev–Trinajstić information content (AvgIpc) is 2.24. The van der Waals surface area contributed by atoms with Crippen molar-refractivity contribution in [3.05, 3.63) is 56.5 Å². The molecule has 82 valence electrons. The quantitative estimate of drug-likeness (QED) is 0.568. The lowest BCUT2D eigenvalue weighted by atomic mass is 10.1. The summed E-state index contributed by atoms with van der Waals surface area (Å²) in [6.45, 7) is 0. The highest BCUT2D eigenvalue weighted by molar-refractivity contribution is 6.45. The first kappa shape index (κ1) is 12.1. The van der Waals surface area contributed by atoms with Crippen molar-refractivity contribution in [3.63, 3.8) is 0 Å². The van der Waals surface area contributed by atoms with Crippen molar-refractivity contribution < 1.29 is 0 Å². The van der Waals surface area contributed by atoms with Crippen molar-refractivity contribution in [1.82, 2.24) is 0 Å². The molecule has 0 nitrogen and oxygen atoms in total. The second kappa shape index (κ2) is 4.85. The minimum Gasteiger partial charge on any atom is -0.0843 e. The van der Waals surface area contributed by atoms with Gasteiger partial charge in [0, 0.05) is 21.2 Å².